The highest BCUT2D eigenvalue weighted by molar-refractivity contribution is 4.86. The predicted octanol–water partition coefficient (Wildman–Crippen LogP) is 1.24. The van der Waals surface area contributed by atoms with E-state index in [1.165, 1.54) is 6.42 Å². The van der Waals surface area contributed by atoms with Gasteiger partial charge in [-0.2, -0.15) is 0 Å². The fourth-order valence-electron chi connectivity index (χ4n) is 3.12. The van der Waals surface area contributed by atoms with Crippen molar-refractivity contribution in [1.82, 2.24) is 10.2 Å². The van der Waals surface area contributed by atoms with Crippen molar-refractivity contribution >= 4 is 0 Å². The van der Waals surface area contributed by atoms with Crippen LogP contribution in [0.15, 0.2) is 0 Å². The summed E-state index contributed by atoms with van der Waals surface area (Å²) in [4.78, 5) is 2.50. The number of likely N-dealkylation sites (tertiary alicyclic amines) is 1. The van der Waals surface area contributed by atoms with Gasteiger partial charge in [-0.1, -0.05) is 6.92 Å². The summed E-state index contributed by atoms with van der Waals surface area (Å²) in [5, 5.41) is 13.7. The summed E-state index contributed by atoms with van der Waals surface area (Å²) < 4.78 is 5.66. The maximum absolute atomic E-state index is 10.0. The van der Waals surface area contributed by atoms with Crippen LogP contribution in [-0.2, 0) is 4.74 Å². The largest absolute Gasteiger partial charge is 0.390 e. The maximum Gasteiger partial charge on any atom is 0.0644 e. The average molecular weight is 270 g/mol. The molecule has 0 saturated carbocycles. The smallest absolute Gasteiger partial charge is 0.0644 e. The van der Waals surface area contributed by atoms with Crippen LogP contribution in [-0.4, -0.2) is 61.0 Å². The first kappa shape index (κ1) is 15.2. The Bertz CT molecular complexity index is 261. The molecule has 0 aliphatic carbocycles. The minimum atomic E-state index is -0.445. The molecule has 2 saturated heterocycles. The maximum atomic E-state index is 10.0. The number of rotatable bonds is 5. The van der Waals surface area contributed by atoms with Gasteiger partial charge in [-0.25, -0.2) is 0 Å². The molecule has 112 valence electrons. The van der Waals surface area contributed by atoms with Crippen LogP contribution in [0.1, 0.15) is 39.5 Å². The van der Waals surface area contributed by atoms with Crippen molar-refractivity contribution < 1.29 is 9.84 Å². The Labute approximate surface area is 117 Å². The fraction of sp³-hybridized carbons (Fsp3) is 1.00. The fourth-order valence-corrected chi connectivity index (χ4v) is 3.12. The monoisotopic (exact) mass is 270 g/mol. The Morgan fingerprint density at radius 3 is 2.79 bits per heavy atom. The van der Waals surface area contributed by atoms with Crippen LogP contribution < -0.4 is 5.32 Å². The first-order chi connectivity index (χ1) is 9.11. The van der Waals surface area contributed by atoms with E-state index in [0.717, 1.165) is 58.7 Å². The van der Waals surface area contributed by atoms with Gasteiger partial charge in [0.05, 0.1) is 12.2 Å². The Hall–Kier alpha value is -0.160. The van der Waals surface area contributed by atoms with Crippen LogP contribution >= 0.6 is 0 Å². The van der Waals surface area contributed by atoms with Crippen LogP contribution in [0.3, 0.4) is 0 Å². The van der Waals surface area contributed by atoms with E-state index >= 15 is 0 Å². The number of nitrogens with zero attached hydrogens (tertiary/aromatic N) is 1. The normalized spacial score (nSPS) is 32.4. The SMILES string of the molecule is CCCNC1CCOCC1CN1CCC(C)(O)CC1. The molecule has 0 bridgehead atoms. The third-order valence-corrected chi connectivity index (χ3v) is 4.56. The second kappa shape index (κ2) is 7.02. The lowest BCUT2D eigenvalue weighted by molar-refractivity contribution is -0.0256. The van der Waals surface area contributed by atoms with E-state index < -0.39 is 5.60 Å². The molecule has 0 spiro atoms. The molecule has 4 nitrogen and oxygen atoms in total. The molecule has 2 aliphatic heterocycles. The standard InChI is InChI=1S/C15H30N2O2/c1-3-7-16-14-4-10-19-12-13(14)11-17-8-5-15(2,18)6-9-17/h13-14,16,18H,3-12H2,1-2H3. The van der Waals surface area contributed by atoms with E-state index in [4.69, 9.17) is 4.74 Å². The van der Waals surface area contributed by atoms with E-state index in [2.05, 4.69) is 17.1 Å². The summed E-state index contributed by atoms with van der Waals surface area (Å²) in [7, 11) is 0. The summed E-state index contributed by atoms with van der Waals surface area (Å²) in [5.41, 5.74) is -0.445. The van der Waals surface area contributed by atoms with E-state index in [1.807, 2.05) is 6.92 Å². The molecule has 19 heavy (non-hydrogen) atoms. The van der Waals surface area contributed by atoms with Gasteiger partial charge < -0.3 is 20.1 Å². The summed E-state index contributed by atoms with van der Waals surface area (Å²) in [6, 6.07) is 0.608. The van der Waals surface area contributed by atoms with Crippen LogP contribution in [0, 0.1) is 5.92 Å². The van der Waals surface area contributed by atoms with Gasteiger partial charge in [-0.15, -0.1) is 0 Å². The molecule has 0 radical (unpaired) electrons. The van der Waals surface area contributed by atoms with Crippen LogP contribution in [0.25, 0.3) is 0 Å². The predicted molar refractivity (Wildman–Crippen MR) is 77.3 cm³/mol. The van der Waals surface area contributed by atoms with Gasteiger partial charge in [-0.3, -0.25) is 0 Å². The zero-order valence-corrected chi connectivity index (χ0v) is 12.5. The van der Waals surface area contributed by atoms with Crippen LogP contribution in [0.4, 0.5) is 0 Å². The first-order valence-electron chi connectivity index (χ1n) is 7.86. The van der Waals surface area contributed by atoms with Crippen molar-refractivity contribution in [3.05, 3.63) is 0 Å². The van der Waals surface area contributed by atoms with Gasteiger partial charge in [-0.05, 0) is 39.2 Å². The molecule has 2 N–H and O–H groups in total. The second-order valence-electron chi connectivity index (χ2n) is 6.48. The van der Waals surface area contributed by atoms with Gasteiger partial charge in [0, 0.05) is 38.2 Å². The summed E-state index contributed by atoms with van der Waals surface area (Å²) in [6.07, 6.45) is 4.12. The highest BCUT2D eigenvalue weighted by Crippen LogP contribution is 2.23. The lowest BCUT2D eigenvalue weighted by Crippen LogP contribution is -2.50. The third-order valence-electron chi connectivity index (χ3n) is 4.56. The van der Waals surface area contributed by atoms with Crippen LogP contribution in [0.5, 0.6) is 0 Å². The van der Waals surface area contributed by atoms with Gasteiger partial charge in [0.25, 0.3) is 0 Å². The van der Waals surface area contributed by atoms with Gasteiger partial charge in [0.2, 0.25) is 0 Å². The molecular weight excluding hydrogens is 240 g/mol. The second-order valence-corrected chi connectivity index (χ2v) is 6.48. The lowest BCUT2D eigenvalue weighted by atomic mass is 9.91. The first-order valence-corrected chi connectivity index (χ1v) is 7.86. The molecule has 2 heterocycles. The van der Waals surface area contributed by atoms with Gasteiger partial charge in [0.1, 0.15) is 0 Å². The summed E-state index contributed by atoms with van der Waals surface area (Å²) in [5.74, 6) is 0.600. The van der Waals surface area contributed by atoms with E-state index in [9.17, 15) is 5.11 Å². The Kier molecular flexibility index (Phi) is 5.63. The summed E-state index contributed by atoms with van der Waals surface area (Å²) >= 11 is 0. The van der Waals surface area contributed by atoms with Crippen molar-refractivity contribution in [3.63, 3.8) is 0 Å². The molecule has 0 aromatic rings. The van der Waals surface area contributed by atoms with Crippen molar-refractivity contribution in [2.45, 2.75) is 51.2 Å². The van der Waals surface area contributed by atoms with Gasteiger partial charge >= 0.3 is 0 Å². The minimum Gasteiger partial charge on any atom is -0.390 e. The molecule has 0 aromatic carbocycles. The molecule has 2 atom stereocenters. The molecule has 0 aromatic heterocycles. The molecule has 2 aliphatic rings. The molecule has 0 amide bonds. The quantitative estimate of drug-likeness (QED) is 0.789. The van der Waals surface area contributed by atoms with Gasteiger partial charge in [0.15, 0.2) is 0 Å². The number of aliphatic hydroxyl groups is 1. The number of piperidine rings is 1. The van der Waals surface area contributed by atoms with Crippen LogP contribution in [0.2, 0.25) is 0 Å². The number of nitrogens with one attached hydrogen (secondary N) is 1. The zero-order valence-electron chi connectivity index (χ0n) is 12.5. The van der Waals surface area contributed by atoms with Crippen molar-refractivity contribution in [2.75, 3.05) is 39.4 Å². The zero-order chi connectivity index (χ0) is 13.7. The number of hydrogen-bond acceptors (Lipinski definition) is 4. The molecule has 2 unspecified atom stereocenters. The number of hydrogen-bond donors (Lipinski definition) is 2. The Morgan fingerprint density at radius 1 is 1.37 bits per heavy atom. The highest BCUT2D eigenvalue weighted by Gasteiger charge is 2.31. The summed E-state index contributed by atoms with van der Waals surface area (Å²) in [6.45, 7) is 10.2. The molecular formula is C15H30N2O2. The highest BCUT2D eigenvalue weighted by atomic mass is 16.5. The van der Waals surface area contributed by atoms with Crippen molar-refractivity contribution in [2.24, 2.45) is 5.92 Å². The van der Waals surface area contributed by atoms with Crippen molar-refractivity contribution in [1.29, 1.82) is 0 Å². The third kappa shape index (κ3) is 4.71. The Morgan fingerprint density at radius 2 is 2.11 bits per heavy atom. The molecule has 2 rings (SSSR count). The van der Waals surface area contributed by atoms with E-state index in [0.29, 0.717) is 12.0 Å². The topological polar surface area (TPSA) is 44.7 Å². The lowest BCUT2D eigenvalue weighted by Gasteiger charge is -2.40. The average Bonchev–Trinajstić information content (AvgIpc) is 2.40. The minimum absolute atomic E-state index is 0.445. The molecule has 4 heteroatoms. The molecule has 2 fully saturated rings. The van der Waals surface area contributed by atoms with Crippen molar-refractivity contribution in [3.8, 4) is 0 Å². The van der Waals surface area contributed by atoms with E-state index in [-0.39, 0.29) is 0 Å². The number of ether oxygens (including phenoxy) is 1. The Balaban J connectivity index is 1.79. The van der Waals surface area contributed by atoms with E-state index in [1.54, 1.807) is 0 Å².